The minimum absolute atomic E-state index is 0.121. The molecule has 106 valence electrons. The Labute approximate surface area is 125 Å². The first kappa shape index (κ1) is 13.6. The molecule has 3 heterocycles. The molecule has 0 bridgehead atoms. The van der Waals surface area contributed by atoms with E-state index in [1.54, 1.807) is 17.9 Å². The van der Waals surface area contributed by atoms with Crippen LogP contribution in [0.1, 0.15) is 19.0 Å². The Kier molecular flexibility index (Phi) is 3.32. The smallest absolute Gasteiger partial charge is 0.246 e. The zero-order chi connectivity index (χ0) is 14.3. The summed E-state index contributed by atoms with van der Waals surface area (Å²) >= 11 is 7.54. The van der Waals surface area contributed by atoms with Gasteiger partial charge in [0, 0.05) is 30.7 Å². The van der Waals surface area contributed by atoms with Crippen LogP contribution in [0.2, 0.25) is 5.15 Å². The maximum absolute atomic E-state index is 12.1. The molecule has 1 N–H and O–H groups in total. The minimum atomic E-state index is -0.779. The highest BCUT2D eigenvalue weighted by molar-refractivity contribution is 7.15. The summed E-state index contributed by atoms with van der Waals surface area (Å²) in [4.78, 5) is 18.7. The summed E-state index contributed by atoms with van der Waals surface area (Å²) in [5.74, 6) is -0.121. The maximum atomic E-state index is 12.1. The van der Waals surface area contributed by atoms with Crippen molar-refractivity contribution >= 4 is 39.9 Å². The number of carbonyl (C=O) groups is 1. The molecule has 1 aliphatic heterocycles. The van der Waals surface area contributed by atoms with Crippen LogP contribution in [0.4, 0.5) is 0 Å². The molecule has 1 amide bonds. The lowest BCUT2D eigenvalue weighted by molar-refractivity contribution is -0.125. The fourth-order valence-corrected chi connectivity index (χ4v) is 3.32. The Morgan fingerprint density at radius 3 is 3.15 bits per heavy atom. The van der Waals surface area contributed by atoms with Crippen LogP contribution in [0.3, 0.4) is 0 Å². The third kappa shape index (κ3) is 2.46. The average Bonchev–Trinajstić information content (AvgIpc) is 3.02. The van der Waals surface area contributed by atoms with Gasteiger partial charge in [-0.25, -0.2) is 4.98 Å². The predicted molar refractivity (Wildman–Crippen MR) is 78.9 cm³/mol. The minimum Gasteiger partial charge on any atom is -0.388 e. The van der Waals surface area contributed by atoms with Crippen molar-refractivity contribution in [1.29, 1.82) is 0 Å². The normalized spacial score (nSPS) is 23.2. The van der Waals surface area contributed by atoms with Crippen LogP contribution in [-0.2, 0) is 4.79 Å². The number of carbonyl (C=O) groups excluding carboxylic acids is 1. The molecule has 1 atom stereocenters. The molecule has 1 fully saturated rings. The molecule has 0 aliphatic carbocycles. The lowest BCUT2D eigenvalue weighted by atomic mass is 10.1. The number of thiazole rings is 1. The van der Waals surface area contributed by atoms with E-state index < -0.39 is 5.60 Å². The van der Waals surface area contributed by atoms with Gasteiger partial charge in [0.1, 0.15) is 0 Å². The van der Waals surface area contributed by atoms with Crippen LogP contribution in [-0.4, -0.2) is 44.0 Å². The first-order valence-electron chi connectivity index (χ1n) is 6.27. The third-order valence-electron chi connectivity index (χ3n) is 3.40. The van der Waals surface area contributed by atoms with Gasteiger partial charge in [0.2, 0.25) is 5.91 Å². The third-order valence-corrected chi connectivity index (χ3v) is 4.44. The highest BCUT2D eigenvalue weighted by Crippen LogP contribution is 2.23. The number of β-amino-alcohol motifs (C(OH)–C–C–N with tert-alkyl or cyclic N) is 1. The molecule has 3 rings (SSSR count). The zero-order valence-corrected chi connectivity index (χ0v) is 12.5. The Bertz CT molecular complexity index is 689. The second kappa shape index (κ2) is 4.87. The second-order valence-electron chi connectivity index (χ2n) is 5.18. The van der Waals surface area contributed by atoms with E-state index in [-0.39, 0.29) is 5.91 Å². The van der Waals surface area contributed by atoms with Gasteiger partial charge in [-0.1, -0.05) is 11.6 Å². The van der Waals surface area contributed by atoms with Crippen molar-refractivity contribution in [2.75, 3.05) is 13.1 Å². The topological polar surface area (TPSA) is 57.8 Å². The van der Waals surface area contributed by atoms with Gasteiger partial charge in [-0.2, -0.15) is 0 Å². The summed E-state index contributed by atoms with van der Waals surface area (Å²) in [5, 5.41) is 12.2. The van der Waals surface area contributed by atoms with Crippen LogP contribution < -0.4 is 0 Å². The summed E-state index contributed by atoms with van der Waals surface area (Å²) < 4.78 is 1.84. The molecule has 0 spiro atoms. The van der Waals surface area contributed by atoms with Crippen molar-refractivity contribution in [3.63, 3.8) is 0 Å². The van der Waals surface area contributed by atoms with Gasteiger partial charge in [-0.15, -0.1) is 11.3 Å². The van der Waals surface area contributed by atoms with Gasteiger partial charge in [-0.3, -0.25) is 9.20 Å². The number of aliphatic hydroxyl groups is 1. The number of halogens is 1. The number of imidazole rings is 1. The van der Waals surface area contributed by atoms with Crippen molar-refractivity contribution in [2.45, 2.75) is 18.9 Å². The number of aromatic nitrogens is 2. The Morgan fingerprint density at radius 2 is 2.45 bits per heavy atom. The molecule has 7 heteroatoms. The lowest BCUT2D eigenvalue weighted by Gasteiger charge is -2.17. The Hall–Kier alpha value is -1.37. The van der Waals surface area contributed by atoms with E-state index in [1.807, 2.05) is 16.0 Å². The zero-order valence-electron chi connectivity index (χ0n) is 10.9. The van der Waals surface area contributed by atoms with E-state index in [9.17, 15) is 9.90 Å². The molecular formula is C13H14ClN3O2S. The summed E-state index contributed by atoms with van der Waals surface area (Å²) in [6.45, 7) is 2.68. The molecule has 2 aromatic rings. The monoisotopic (exact) mass is 311 g/mol. The number of nitrogens with zero attached hydrogens (tertiary/aromatic N) is 3. The van der Waals surface area contributed by atoms with Crippen LogP contribution in [0.5, 0.6) is 0 Å². The first-order chi connectivity index (χ1) is 9.46. The second-order valence-corrected chi connectivity index (χ2v) is 6.41. The van der Waals surface area contributed by atoms with E-state index in [0.717, 1.165) is 4.96 Å². The Balaban J connectivity index is 1.79. The number of amides is 1. The van der Waals surface area contributed by atoms with E-state index in [2.05, 4.69) is 4.98 Å². The van der Waals surface area contributed by atoms with Crippen molar-refractivity contribution in [3.8, 4) is 0 Å². The highest BCUT2D eigenvalue weighted by Gasteiger charge is 2.33. The molecule has 2 aromatic heterocycles. The van der Waals surface area contributed by atoms with Crippen molar-refractivity contribution < 1.29 is 9.90 Å². The van der Waals surface area contributed by atoms with E-state index >= 15 is 0 Å². The van der Waals surface area contributed by atoms with E-state index in [4.69, 9.17) is 11.6 Å². The maximum Gasteiger partial charge on any atom is 0.246 e. The van der Waals surface area contributed by atoms with Crippen molar-refractivity contribution in [1.82, 2.24) is 14.3 Å². The average molecular weight is 312 g/mol. The van der Waals surface area contributed by atoms with Crippen LogP contribution in [0.25, 0.3) is 11.0 Å². The lowest BCUT2D eigenvalue weighted by Crippen LogP contribution is -2.32. The summed E-state index contributed by atoms with van der Waals surface area (Å²) in [6.07, 6.45) is 5.62. The van der Waals surface area contributed by atoms with Crippen LogP contribution in [0, 0.1) is 0 Å². The molecule has 5 nitrogen and oxygen atoms in total. The number of fused-ring (bicyclic) bond motifs is 1. The Morgan fingerprint density at radius 1 is 1.65 bits per heavy atom. The van der Waals surface area contributed by atoms with Crippen molar-refractivity contribution in [3.05, 3.63) is 28.5 Å². The standard InChI is InChI=1S/C13H14ClN3O2S/c1-13(19)4-5-16(8-13)10(18)3-2-9-11(14)15-12-17(9)6-7-20-12/h2-3,6-7,19H,4-5,8H2,1H3/b3-2+. The summed E-state index contributed by atoms with van der Waals surface area (Å²) in [5.41, 5.74) is -0.0829. The van der Waals surface area contributed by atoms with Gasteiger partial charge in [0.15, 0.2) is 10.1 Å². The van der Waals surface area contributed by atoms with E-state index in [1.165, 1.54) is 17.4 Å². The SMILES string of the molecule is CC1(O)CCN(C(=O)/C=C/c2c(Cl)nc3sccn23)C1. The molecule has 1 saturated heterocycles. The van der Waals surface area contributed by atoms with Crippen LogP contribution in [0.15, 0.2) is 17.7 Å². The largest absolute Gasteiger partial charge is 0.388 e. The van der Waals surface area contributed by atoms with Crippen LogP contribution >= 0.6 is 22.9 Å². The van der Waals surface area contributed by atoms with Crippen molar-refractivity contribution in [2.24, 2.45) is 0 Å². The number of likely N-dealkylation sites (tertiary alicyclic amines) is 1. The van der Waals surface area contributed by atoms with E-state index in [0.29, 0.717) is 30.4 Å². The number of rotatable bonds is 2. The van der Waals surface area contributed by atoms with Gasteiger partial charge < -0.3 is 10.0 Å². The molecule has 20 heavy (non-hydrogen) atoms. The fraction of sp³-hybridized carbons (Fsp3) is 0.385. The van der Waals surface area contributed by atoms with Gasteiger partial charge in [0.05, 0.1) is 11.3 Å². The molecule has 0 saturated carbocycles. The summed E-state index contributed by atoms with van der Waals surface area (Å²) in [6, 6.07) is 0. The molecule has 1 unspecified atom stereocenters. The number of hydrogen-bond donors (Lipinski definition) is 1. The van der Waals surface area contributed by atoms with Gasteiger partial charge >= 0.3 is 0 Å². The fourth-order valence-electron chi connectivity index (χ4n) is 2.31. The predicted octanol–water partition coefficient (Wildman–Crippen LogP) is 2.05. The number of hydrogen-bond acceptors (Lipinski definition) is 4. The molecular weight excluding hydrogens is 298 g/mol. The first-order valence-corrected chi connectivity index (χ1v) is 7.52. The summed E-state index contributed by atoms with van der Waals surface area (Å²) in [7, 11) is 0. The quantitative estimate of drug-likeness (QED) is 0.864. The molecule has 0 aromatic carbocycles. The van der Waals surface area contributed by atoms with Gasteiger partial charge in [0.25, 0.3) is 0 Å². The highest BCUT2D eigenvalue weighted by atomic mass is 35.5. The molecule has 1 aliphatic rings. The molecule has 0 radical (unpaired) electrons. The van der Waals surface area contributed by atoms with Gasteiger partial charge in [-0.05, 0) is 19.4 Å².